The minimum Gasteiger partial charge on any atom is -0.456 e. The summed E-state index contributed by atoms with van der Waals surface area (Å²) in [6, 6.07) is 5.95. The van der Waals surface area contributed by atoms with Gasteiger partial charge in [-0.05, 0) is 30.7 Å². The van der Waals surface area contributed by atoms with Crippen LogP contribution in [0.3, 0.4) is 0 Å². The first-order chi connectivity index (χ1) is 13.7. The number of ether oxygens (including phenoxy) is 1. The molecule has 0 aliphatic carbocycles. The second-order valence-corrected chi connectivity index (χ2v) is 6.77. The van der Waals surface area contributed by atoms with Crippen molar-refractivity contribution in [2.75, 3.05) is 46.2 Å². The third-order valence-corrected chi connectivity index (χ3v) is 4.18. The lowest BCUT2D eigenvalue weighted by molar-refractivity contribution is -0.147. The van der Waals surface area contributed by atoms with Gasteiger partial charge in [0.25, 0.3) is 11.8 Å². The van der Waals surface area contributed by atoms with Crippen LogP contribution in [0, 0.1) is 0 Å². The zero-order chi connectivity index (χ0) is 21.6. The molecule has 29 heavy (non-hydrogen) atoms. The molecule has 2 rings (SSSR count). The first-order valence-corrected chi connectivity index (χ1v) is 9.01. The van der Waals surface area contributed by atoms with Crippen LogP contribution in [0.2, 0.25) is 0 Å². The third kappa shape index (κ3) is 6.03. The molecule has 1 saturated heterocycles. The number of imide groups is 1. The quantitative estimate of drug-likeness (QED) is 0.499. The van der Waals surface area contributed by atoms with Crippen LogP contribution in [0.1, 0.15) is 23.2 Å². The summed E-state index contributed by atoms with van der Waals surface area (Å²) >= 11 is 0. The summed E-state index contributed by atoms with van der Waals surface area (Å²) in [5.41, 5.74) is 0.956. The Kier molecular flexibility index (Phi) is 7.29. The maximum Gasteiger partial charge on any atom is 0.326 e. The first kappa shape index (κ1) is 21.9. The highest BCUT2D eigenvalue weighted by Gasteiger charge is 2.32. The minimum atomic E-state index is -0.598. The molecule has 156 valence electrons. The fourth-order valence-electron chi connectivity index (χ4n) is 2.64. The number of hydrogen-bond donors (Lipinski definition) is 1. The molecule has 1 fully saturated rings. The molecule has 10 nitrogen and oxygen atoms in total. The molecule has 5 amide bonds. The smallest absolute Gasteiger partial charge is 0.326 e. The van der Waals surface area contributed by atoms with Crippen LogP contribution in [0.25, 0.3) is 0 Å². The average molecular weight is 404 g/mol. The number of carbonyl (C=O) groups is 5. The summed E-state index contributed by atoms with van der Waals surface area (Å²) in [5.74, 6) is -1.57. The normalized spacial score (nSPS) is 13.5. The van der Waals surface area contributed by atoms with E-state index >= 15 is 0 Å². The number of rotatable bonds is 8. The van der Waals surface area contributed by atoms with Crippen LogP contribution >= 0.6 is 0 Å². The van der Waals surface area contributed by atoms with E-state index in [1.165, 1.54) is 16.8 Å². The van der Waals surface area contributed by atoms with Crippen molar-refractivity contribution in [1.29, 1.82) is 0 Å². The molecule has 0 atom stereocenters. The van der Waals surface area contributed by atoms with Crippen LogP contribution in [0.4, 0.5) is 10.5 Å². The van der Waals surface area contributed by atoms with E-state index in [-0.39, 0.29) is 43.8 Å². The van der Waals surface area contributed by atoms with Gasteiger partial charge in [0.05, 0.1) is 0 Å². The van der Waals surface area contributed by atoms with Crippen LogP contribution in [-0.4, -0.2) is 85.3 Å². The van der Waals surface area contributed by atoms with Crippen molar-refractivity contribution in [3.8, 4) is 0 Å². The molecular weight excluding hydrogens is 380 g/mol. The molecule has 0 radical (unpaired) electrons. The molecule has 0 spiro atoms. The topological polar surface area (TPSA) is 116 Å². The van der Waals surface area contributed by atoms with Crippen LogP contribution in [0.5, 0.6) is 0 Å². The van der Waals surface area contributed by atoms with E-state index in [4.69, 9.17) is 4.74 Å². The lowest BCUT2D eigenvalue weighted by Crippen LogP contribution is -2.32. The highest BCUT2D eigenvalue weighted by molar-refractivity contribution is 6.01. The van der Waals surface area contributed by atoms with E-state index in [9.17, 15) is 24.0 Å². The minimum absolute atomic E-state index is 0.0185. The molecule has 1 heterocycles. The Labute approximate surface area is 168 Å². The van der Waals surface area contributed by atoms with Crippen LogP contribution in [-0.2, 0) is 19.1 Å². The predicted molar refractivity (Wildman–Crippen MR) is 103 cm³/mol. The van der Waals surface area contributed by atoms with E-state index < -0.39 is 18.5 Å². The van der Waals surface area contributed by atoms with Gasteiger partial charge in [-0.1, -0.05) is 0 Å². The van der Waals surface area contributed by atoms with Gasteiger partial charge in [-0.2, -0.15) is 0 Å². The van der Waals surface area contributed by atoms with Gasteiger partial charge >= 0.3 is 12.0 Å². The van der Waals surface area contributed by atoms with Gasteiger partial charge in [0.1, 0.15) is 6.54 Å². The summed E-state index contributed by atoms with van der Waals surface area (Å²) in [5, 5.41) is 2.57. The van der Waals surface area contributed by atoms with Crippen molar-refractivity contribution in [2.45, 2.75) is 12.8 Å². The number of likely N-dealkylation sites (N-methyl/N-ethyl adjacent to an activating group) is 1. The molecule has 1 aliphatic rings. The number of amides is 5. The van der Waals surface area contributed by atoms with Gasteiger partial charge in [0.15, 0.2) is 6.61 Å². The maximum atomic E-state index is 11.9. The first-order valence-electron chi connectivity index (χ1n) is 9.01. The molecule has 0 saturated carbocycles. The fourth-order valence-corrected chi connectivity index (χ4v) is 2.64. The van der Waals surface area contributed by atoms with Gasteiger partial charge in [0, 0.05) is 45.4 Å². The molecule has 0 bridgehead atoms. The van der Waals surface area contributed by atoms with Crippen molar-refractivity contribution in [1.82, 2.24) is 14.7 Å². The highest BCUT2D eigenvalue weighted by Crippen LogP contribution is 2.11. The Hall–Kier alpha value is -3.43. The number of esters is 1. The van der Waals surface area contributed by atoms with Gasteiger partial charge in [-0.25, -0.2) is 4.79 Å². The summed E-state index contributed by atoms with van der Waals surface area (Å²) in [6.07, 6.45) is 0.239. The van der Waals surface area contributed by atoms with Crippen molar-refractivity contribution in [3.63, 3.8) is 0 Å². The fraction of sp³-hybridized carbons (Fsp3) is 0.421. The Morgan fingerprint density at radius 3 is 2.34 bits per heavy atom. The molecule has 1 N–H and O–H groups in total. The Balaban J connectivity index is 1.69. The Bertz CT molecular complexity index is 805. The summed E-state index contributed by atoms with van der Waals surface area (Å²) in [7, 11) is 4.82. The number of benzene rings is 1. The number of nitrogens with one attached hydrogen (secondary N) is 1. The summed E-state index contributed by atoms with van der Waals surface area (Å²) in [4.78, 5) is 62.6. The maximum absolute atomic E-state index is 11.9. The standard InChI is InChI=1S/C19H24N4O6/c1-21(2)18(27)13-6-8-14(9-7-13)20-15(24)12-29-17(26)5-4-10-23-16(25)11-22(3)19(23)28/h6-9H,4-5,10-12H2,1-3H3,(H,20,24). The number of hydrogen-bond acceptors (Lipinski definition) is 6. The Morgan fingerprint density at radius 1 is 1.14 bits per heavy atom. The molecule has 1 aliphatic heterocycles. The lowest BCUT2D eigenvalue weighted by Gasteiger charge is -2.13. The van der Waals surface area contributed by atoms with Crippen molar-refractivity contribution in [2.24, 2.45) is 0 Å². The largest absolute Gasteiger partial charge is 0.456 e. The van der Waals surface area contributed by atoms with Crippen molar-refractivity contribution >= 4 is 35.4 Å². The molecule has 1 aromatic carbocycles. The summed E-state index contributed by atoms with van der Waals surface area (Å²) < 4.78 is 4.90. The lowest BCUT2D eigenvalue weighted by atomic mass is 10.2. The molecular formula is C19H24N4O6. The predicted octanol–water partition coefficient (Wildman–Crippen LogP) is 0.544. The Morgan fingerprint density at radius 2 is 1.79 bits per heavy atom. The van der Waals surface area contributed by atoms with Crippen molar-refractivity contribution in [3.05, 3.63) is 29.8 Å². The second kappa shape index (κ2) is 9.67. The number of nitrogens with zero attached hydrogens (tertiary/aromatic N) is 3. The van der Waals surface area contributed by atoms with Crippen LogP contribution < -0.4 is 5.32 Å². The zero-order valence-corrected chi connectivity index (χ0v) is 16.6. The second-order valence-electron chi connectivity index (χ2n) is 6.77. The van der Waals surface area contributed by atoms with E-state index in [0.29, 0.717) is 11.3 Å². The SMILES string of the molecule is CN(C)C(=O)c1ccc(NC(=O)COC(=O)CCCN2C(=O)CN(C)C2=O)cc1. The molecule has 0 aromatic heterocycles. The number of urea groups is 1. The van der Waals surface area contributed by atoms with Gasteiger partial charge in [-0.15, -0.1) is 0 Å². The number of anilines is 1. The third-order valence-electron chi connectivity index (χ3n) is 4.18. The number of carbonyl (C=O) groups excluding carboxylic acids is 5. The van der Waals surface area contributed by atoms with Gasteiger partial charge < -0.3 is 19.9 Å². The van der Waals surface area contributed by atoms with Crippen LogP contribution in [0.15, 0.2) is 24.3 Å². The molecule has 1 aromatic rings. The highest BCUT2D eigenvalue weighted by atomic mass is 16.5. The van der Waals surface area contributed by atoms with E-state index in [2.05, 4.69) is 5.32 Å². The van der Waals surface area contributed by atoms with Crippen molar-refractivity contribution < 1.29 is 28.7 Å². The van der Waals surface area contributed by atoms with E-state index in [1.54, 1.807) is 38.4 Å². The summed E-state index contributed by atoms with van der Waals surface area (Å²) in [6.45, 7) is -0.295. The van der Waals surface area contributed by atoms with Gasteiger partial charge in [-0.3, -0.25) is 24.1 Å². The molecule has 10 heteroatoms. The average Bonchev–Trinajstić information content (AvgIpc) is 2.92. The van der Waals surface area contributed by atoms with E-state index in [1.807, 2.05) is 0 Å². The van der Waals surface area contributed by atoms with E-state index in [0.717, 1.165) is 4.90 Å². The van der Waals surface area contributed by atoms with Gasteiger partial charge in [0.2, 0.25) is 5.91 Å². The zero-order valence-electron chi connectivity index (χ0n) is 16.6. The monoisotopic (exact) mass is 404 g/mol. The molecule has 0 unspecified atom stereocenters.